The van der Waals surface area contributed by atoms with Crippen molar-refractivity contribution in [1.82, 2.24) is 9.55 Å². The van der Waals surface area contributed by atoms with Gasteiger partial charge >= 0.3 is 0 Å². The fourth-order valence-electron chi connectivity index (χ4n) is 1.51. The van der Waals surface area contributed by atoms with Crippen molar-refractivity contribution in [3.8, 4) is 0 Å². The second kappa shape index (κ2) is 3.64. The van der Waals surface area contributed by atoms with Crippen molar-refractivity contribution in [1.29, 1.82) is 0 Å². The largest absolute Gasteiger partial charge is 0.334 e. The molecule has 0 aliphatic heterocycles. The van der Waals surface area contributed by atoms with E-state index in [1.165, 1.54) is 0 Å². The van der Waals surface area contributed by atoms with E-state index in [0.717, 1.165) is 16.6 Å². The first kappa shape index (κ1) is 8.97. The van der Waals surface area contributed by atoms with Gasteiger partial charge in [0.05, 0.1) is 17.4 Å². The van der Waals surface area contributed by atoms with Crippen molar-refractivity contribution in [2.24, 2.45) is 12.8 Å². The highest BCUT2D eigenvalue weighted by Crippen LogP contribution is 2.17. The molecular formula is C11H13N3. The first-order valence-corrected chi connectivity index (χ1v) is 4.59. The van der Waals surface area contributed by atoms with Crippen LogP contribution in [0.2, 0.25) is 0 Å². The summed E-state index contributed by atoms with van der Waals surface area (Å²) in [6.07, 6.45) is 5.77. The molecule has 0 aliphatic rings. The average molecular weight is 187 g/mol. The number of hydrogen-bond donors (Lipinski definition) is 1. The summed E-state index contributed by atoms with van der Waals surface area (Å²) < 4.78 is 2.01. The van der Waals surface area contributed by atoms with Crippen LogP contribution >= 0.6 is 0 Å². The number of rotatable bonds is 2. The highest BCUT2D eigenvalue weighted by Gasteiger charge is 2.01. The van der Waals surface area contributed by atoms with Crippen molar-refractivity contribution in [3.05, 3.63) is 36.2 Å². The molecule has 0 spiro atoms. The van der Waals surface area contributed by atoms with Gasteiger partial charge in [0.1, 0.15) is 0 Å². The number of benzene rings is 1. The molecular weight excluding hydrogens is 174 g/mol. The summed E-state index contributed by atoms with van der Waals surface area (Å²) in [6.45, 7) is 0.559. The van der Waals surface area contributed by atoms with Crippen LogP contribution in [0.15, 0.2) is 30.6 Å². The number of aryl methyl sites for hydroxylation is 1. The predicted octanol–water partition coefficient (Wildman–Crippen LogP) is 1.55. The number of nitrogens with zero attached hydrogens (tertiary/aromatic N) is 2. The molecule has 2 N–H and O–H groups in total. The van der Waals surface area contributed by atoms with Crippen molar-refractivity contribution in [3.63, 3.8) is 0 Å². The van der Waals surface area contributed by atoms with E-state index in [0.29, 0.717) is 6.54 Å². The first-order valence-electron chi connectivity index (χ1n) is 4.59. The van der Waals surface area contributed by atoms with Crippen LogP contribution in [0.4, 0.5) is 0 Å². The van der Waals surface area contributed by atoms with Gasteiger partial charge in [0.2, 0.25) is 0 Å². The highest BCUT2D eigenvalue weighted by molar-refractivity contribution is 5.84. The molecule has 3 heteroatoms. The van der Waals surface area contributed by atoms with Crippen LogP contribution in [-0.4, -0.2) is 16.1 Å². The van der Waals surface area contributed by atoms with Crippen LogP contribution in [0.1, 0.15) is 5.56 Å². The quantitative estimate of drug-likeness (QED) is 0.775. The lowest BCUT2D eigenvalue weighted by atomic mass is 10.1. The normalized spacial score (nSPS) is 11.6. The fourth-order valence-corrected chi connectivity index (χ4v) is 1.51. The number of imidazole rings is 1. The number of fused-ring (bicyclic) bond motifs is 1. The molecule has 14 heavy (non-hydrogen) atoms. The Hall–Kier alpha value is -1.61. The van der Waals surface area contributed by atoms with Gasteiger partial charge in [0.15, 0.2) is 0 Å². The minimum atomic E-state index is 0.559. The maximum Gasteiger partial charge on any atom is 0.0956 e. The smallest absolute Gasteiger partial charge is 0.0956 e. The van der Waals surface area contributed by atoms with Gasteiger partial charge in [0, 0.05) is 19.2 Å². The topological polar surface area (TPSA) is 43.8 Å². The van der Waals surface area contributed by atoms with Gasteiger partial charge in [-0.25, -0.2) is 4.98 Å². The Morgan fingerprint density at radius 2 is 2.36 bits per heavy atom. The molecule has 2 rings (SSSR count). The van der Waals surface area contributed by atoms with Crippen molar-refractivity contribution >= 4 is 17.1 Å². The van der Waals surface area contributed by atoms with E-state index in [9.17, 15) is 0 Å². The van der Waals surface area contributed by atoms with Gasteiger partial charge in [-0.05, 0) is 6.07 Å². The number of nitrogens with two attached hydrogens (primary N) is 1. The molecule has 0 amide bonds. The molecule has 0 bridgehead atoms. The summed E-state index contributed by atoms with van der Waals surface area (Å²) in [7, 11) is 1.99. The molecule has 0 unspecified atom stereocenters. The van der Waals surface area contributed by atoms with Gasteiger partial charge in [-0.2, -0.15) is 0 Å². The van der Waals surface area contributed by atoms with Crippen LogP contribution in [0.5, 0.6) is 0 Å². The Kier molecular flexibility index (Phi) is 2.33. The Morgan fingerprint density at radius 1 is 1.50 bits per heavy atom. The molecule has 1 aromatic carbocycles. The second-order valence-electron chi connectivity index (χ2n) is 3.21. The third kappa shape index (κ3) is 1.42. The third-order valence-electron chi connectivity index (χ3n) is 2.22. The molecule has 0 saturated heterocycles. The molecule has 1 heterocycles. The molecule has 1 aromatic heterocycles. The first-order chi connectivity index (χ1) is 6.83. The van der Waals surface area contributed by atoms with E-state index in [1.54, 1.807) is 0 Å². The van der Waals surface area contributed by atoms with Crippen molar-refractivity contribution in [2.75, 3.05) is 6.54 Å². The van der Waals surface area contributed by atoms with Crippen LogP contribution in [0.3, 0.4) is 0 Å². The van der Waals surface area contributed by atoms with Gasteiger partial charge in [-0.1, -0.05) is 24.3 Å². The van der Waals surface area contributed by atoms with Gasteiger partial charge in [0.25, 0.3) is 0 Å². The van der Waals surface area contributed by atoms with E-state index in [4.69, 9.17) is 5.73 Å². The fraction of sp³-hybridized carbons (Fsp3) is 0.182. The zero-order valence-electron chi connectivity index (χ0n) is 8.14. The highest BCUT2D eigenvalue weighted by atomic mass is 15.0. The summed E-state index contributed by atoms with van der Waals surface area (Å²) >= 11 is 0. The summed E-state index contributed by atoms with van der Waals surface area (Å²) in [5, 5.41) is 0. The third-order valence-corrected chi connectivity index (χ3v) is 2.22. The Labute approximate surface area is 82.9 Å². The molecule has 0 radical (unpaired) electrons. The maximum absolute atomic E-state index is 5.41. The van der Waals surface area contributed by atoms with Crippen LogP contribution in [-0.2, 0) is 7.05 Å². The lowest BCUT2D eigenvalue weighted by Gasteiger charge is -1.96. The van der Waals surface area contributed by atoms with E-state index in [-0.39, 0.29) is 0 Å². The van der Waals surface area contributed by atoms with Crippen LogP contribution in [0.25, 0.3) is 17.1 Å². The summed E-state index contributed by atoms with van der Waals surface area (Å²) in [5.41, 5.74) is 8.70. The molecule has 0 aliphatic carbocycles. The Balaban J connectivity index is 2.60. The van der Waals surface area contributed by atoms with Gasteiger partial charge < -0.3 is 10.3 Å². The minimum Gasteiger partial charge on any atom is -0.334 e. The zero-order valence-corrected chi connectivity index (χ0v) is 8.14. The Morgan fingerprint density at radius 3 is 3.14 bits per heavy atom. The maximum atomic E-state index is 5.41. The van der Waals surface area contributed by atoms with Crippen molar-refractivity contribution < 1.29 is 0 Å². The average Bonchev–Trinajstić information content (AvgIpc) is 2.58. The van der Waals surface area contributed by atoms with E-state index in [1.807, 2.05) is 42.2 Å². The van der Waals surface area contributed by atoms with E-state index < -0.39 is 0 Å². The molecule has 3 nitrogen and oxygen atoms in total. The lowest BCUT2D eigenvalue weighted by Crippen LogP contribution is -1.92. The Bertz CT molecular complexity index is 468. The van der Waals surface area contributed by atoms with Crippen LogP contribution < -0.4 is 5.73 Å². The molecule has 0 atom stereocenters. The van der Waals surface area contributed by atoms with E-state index in [2.05, 4.69) is 11.1 Å². The van der Waals surface area contributed by atoms with Crippen molar-refractivity contribution in [2.45, 2.75) is 0 Å². The SMILES string of the molecule is Cn1cnc2c(/C=C/CN)cccc21. The number of aromatic nitrogens is 2. The van der Waals surface area contributed by atoms with E-state index >= 15 is 0 Å². The van der Waals surface area contributed by atoms with Gasteiger partial charge in [-0.3, -0.25) is 0 Å². The molecule has 0 fully saturated rings. The predicted molar refractivity (Wildman–Crippen MR) is 58.8 cm³/mol. The monoisotopic (exact) mass is 187 g/mol. The summed E-state index contributed by atoms with van der Waals surface area (Å²) in [4.78, 5) is 4.34. The minimum absolute atomic E-state index is 0.559. The van der Waals surface area contributed by atoms with Gasteiger partial charge in [-0.15, -0.1) is 0 Å². The molecule has 0 saturated carbocycles. The summed E-state index contributed by atoms with van der Waals surface area (Å²) in [5.74, 6) is 0. The lowest BCUT2D eigenvalue weighted by molar-refractivity contribution is 0.948. The standard InChI is InChI=1S/C11H13N3/c1-14-8-13-11-9(5-3-7-12)4-2-6-10(11)14/h2-6,8H,7,12H2,1H3/b5-3+. The molecule has 72 valence electrons. The summed E-state index contributed by atoms with van der Waals surface area (Å²) in [6, 6.07) is 6.13. The zero-order chi connectivity index (χ0) is 9.97. The second-order valence-corrected chi connectivity index (χ2v) is 3.21. The van der Waals surface area contributed by atoms with Crippen LogP contribution in [0, 0.1) is 0 Å². The molecule has 2 aromatic rings. The number of para-hydroxylation sites is 1. The number of hydrogen-bond acceptors (Lipinski definition) is 2.